The van der Waals surface area contributed by atoms with Crippen LogP contribution >= 0.6 is 0 Å². The second kappa shape index (κ2) is 11.9. The Morgan fingerprint density at radius 2 is 1.78 bits per heavy atom. The Balaban J connectivity index is 1.88. The average Bonchev–Trinajstić information content (AvgIpc) is 2.82. The Morgan fingerprint density at radius 1 is 1.09 bits per heavy atom. The van der Waals surface area contributed by atoms with Crippen molar-refractivity contribution in [2.45, 2.75) is 64.3 Å². The van der Waals surface area contributed by atoms with Gasteiger partial charge >= 0.3 is 6.03 Å². The highest BCUT2D eigenvalue weighted by atomic mass is 16.5. The number of carbonyl (C=O) groups excluding carboxylic acids is 3. The van der Waals surface area contributed by atoms with Gasteiger partial charge in [0.15, 0.2) is 0 Å². The number of hydrogen-bond acceptors (Lipinski definition) is 4. The van der Waals surface area contributed by atoms with Crippen molar-refractivity contribution in [2.24, 2.45) is 0 Å². The normalized spacial score (nSPS) is 17.0. The highest BCUT2D eigenvalue weighted by molar-refractivity contribution is 6.05. The number of amides is 4. The Labute approximate surface area is 137 Å². The first-order chi connectivity index (χ1) is 11.1. The number of nitrogens with one attached hydrogen (secondary N) is 3. The van der Waals surface area contributed by atoms with Crippen molar-refractivity contribution in [1.29, 1.82) is 0 Å². The van der Waals surface area contributed by atoms with Gasteiger partial charge in [0, 0.05) is 19.8 Å². The van der Waals surface area contributed by atoms with Crippen molar-refractivity contribution in [3.05, 3.63) is 0 Å². The van der Waals surface area contributed by atoms with E-state index in [2.05, 4.69) is 22.9 Å². The van der Waals surface area contributed by atoms with Crippen molar-refractivity contribution in [3.8, 4) is 0 Å². The van der Waals surface area contributed by atoms with Crippen LogP contribution < -0.4 is 16.0 Å². The Hall–Kier alpha value is -1.63. The smallest absolute Gasteiger partial charge is 0.322 e. The highest BCUT2D eigenvalue weighted by Crippen LogP contribution is 2.05. The van der Waals surface area contributed by atoms with Gasteiger partial charge in [0.1, 0.15) is 6.04 Å². The minimum Gasteiger partial charge on any atom is -0.381 e. The summed E-state index contributed by atoms with van der Waals surface area (Å²) in [6, 6.07) is -1.30. The Bertz CT molecular complexity index is 388. The zero-order valence-corrected chi connectivity index (χ0v) is 14.0. The van der Waals surface area contributed by atoms with Crippen molar-refractivity contribution >= 4 is 17.8 Å². The molecule has 132 valence electrons. The molecule has 7 heteroatoms. The van der Waals surface area contributed by atoms with Gasteiger partial charge in [-0.3, -0.25) is 14.9 Å². The molecule has 0 radical (unpaired) electrons. The van der Waals surface area contributed by atoms with Crippen LogP contribution in [0.1, 0.15) is 58.3 Å². The predicted molar refractivity (Wildman–Crippen MR) is 86.9 cm³/mol. The van der Waals surface area contributed by atoms with E-state index in [-0.39, 0.29) is 12.3 Å². The molecule has 0 aromatic carbocycles. The minimum atomic E-state index is -0.758. The van der Waals surface area contributed by atoms with Gasteiger partial charge in [0.25, 0.3) is 5.91 Å². The third kappa shape index (κ3) is 9.18. The molecule has 1 aliphatic rings. The van der Waals surface area contributed by atoms with Crippen molar-refractivity contribution in [3.63, 3.8) is 0 Å². The lowest BCUT2D eigenvalue weighted by molar-refractivity contribution is -0.126. The number of imide groups is 1. The lowest BCUT2D eigenvalue weighted by Gasteiger charge is -2.08. The fourth-order valence-electron chi connectivity index (χ4n) is 2.35. The molecule has 1 atom stereocenters. The predicted octanol–water partition coefficient (Wildman–Crippen LogP) is 1.47. The number of urea groups is 1. The molecule has 0 aromatic heterocycles. The van der Waals surface area contributed by atoms with Gasteiger partial charge in [-0.25, -0.2) is 4.79 Å². The van der Waals surface area contributed by atoms with Gasteiger partial charge in [-0.1, -0.05) is 39.0 Å². The average molecular weight is 327 g/mol. The molecule has 1 rings (SSSR count). The third-order valence-corrected chi connectivity index (χ3v) is 3.68. The number of rotatable bonds is 13. The fourth-order valence-corrected chi connectivity index (χ4v) is 2.35. The van der Waals surface area contributed by atoms with Gasteiger partial charge in [-0.15, -0.1) is 0 Å². The van der Waals surface area contributed by atoms with E-state index in [0.717, 1.165) is 19.4 Å². The van der Waals surface area contributed by atoms with Crippen LogP contribution in [0.4, 0.5) is 4.79 Å². The number of unbranched alkanes of at least 4 members (excludes halogenated alkanes) is 5. The van der Waals surface area contributed by atoms with Crippen LogP contribution in [0, 0.1) is 0 Å². The molecule has 7 nitrogen and oxygen atoms in total. The topological polar surface area (TPSA) is 96.5 Å². The van der Waals surface area contributed by atoms with E-state index in [1.54, 1.807) is 0 Å². The molecule has 0 spiro atoms. The first-order valence-electron chi connectivity index (χ1n) is 8.59. The quantitative estimate of drug-likeness (QED) is 0.352. The molecule has 1 heterocycles. The molecule has 3 N–H and O–H groups in total. The van der Waals surface area contributed by atoms with Crippen LogP contribution in [-0.2, 0) is 14.3 Å². The van der Waals surface area contributed by atoms with Crippen LogP contribution in [0.5, 0.6) is 0 Å². The van der Waals surface area contributed by atoms with Crippen molar-refractivity contribution in [1.82, 2.24) is 16.0 Å². The molecular formula is C16H29N3O4. The third-order valence-electron chi connectivity index (χ3n) is 3.68. The Kier molecular flexibility index (Phi) is 10.0. The SMILES string of the molecule is CCCCCCCCOCCCNC(=O)CC1NC(=O)NC1=O. The van der Waals surface area contributed by atoms with Gasteiger partial charge in [0.05, 0.1) is 6.42 Å². The summed E-state index contributed by atoms with van der Waals surface area (Å²) in [7, 11) is 0. The van der Waals surface area contributed by atoms with Crippen LogP contribution in [0.3, 0.4) is 0 Å². The number of hydrogen-bond donors (Lipinski definition) is 3. The van der Waals surface area contributed by atoms with Crippen LogP contribution in [0.2, 0.25) is 0 Å². The largest absolute Gasteiger partial charge is 0.381 e. The molecular weight excluding hydrogens is 298 g/mol. The monoisotopic (exact) mass is 327 g/mol. The maximum Gasteiger partial charge on any atom is 0.322 e. The zero-order valence-electron chi connectivity index (χ0n) is 14.0. The summed E-state index contributed by atoms with van der Waals surface area (Å²) in [5.74, 6) is -0.698. The molecule has 0 saturated carbocycles. The summed E-state index contributed by atoms with van der Waals surface area (Å²) in [5, 5.41) is 7.21. The molecule has 1 aliphatic heterocycles. The van der Waals surface area contributed by atoms with Gasteiger partial charge < -0.3 is 15.4 Å². The van der Waals surface area contributed by atoms with Crippen LogP contribution in [0.25, 0.3) is 0 Å². The lowest BCUT2D eigenvalue weighted by atomic mass is 10.1. The molecule has 4 amide bonds. The fraction of sp³-hybridized carbons (Fsp3) is 0.812. The van der Waals surface area contributed by atoms with E-state index < -0.39 is 18.0 Å². The van der Waals surface area contributed by atoms with Gasteiger partial charge in [-0.05, 0) is 12.8 Å². The Morgan fingerprint density at radius 3 is 2.48 bits per heavy atom. The molecule has 23 heavy (non-hydrogen) atoms. The van der Waals surface area contributed by atoms with E-state index in [0.29, 0.717) is 13.2 Å². The summed E-state index contributed by atoms with van der Waals surface area (Å²) in [4.78, 5) is 33.8. The molecule has 1 unspecified atom stereocenters. The standard InChI is InChI=1S/C16H29N3O4/c1-2-3-4-5-6-7-10-23-11-8-9-17-14(20)12-13-15(21)19-16(22)18-13/h13H,2-12H2,1H3,(H,17,20)(H2,18,19,21,22). The van der Waals surface area contributed by atoms with E-state index in [4.69, 9.17) is 4.74 Å². The maximum absolute atomic E-state index is 11.6. The molecule has 1 fully saturated rings. The summed E-state index contributed by atoms with van der Waals surface area (Å²) in [5.41, 5.74) is 0. The summed E-state index contributed by atoms with van der Waals surface area (Å²) < 4.78 is 5.51. The summed E-state index contributed by atoms with van der Waals surface area (Å²) in [6.07, 6.45) is 8.17. The lowest BCUT2D eigenvalue weighted by Crippen LogP contribution is -2.36. The minimum absolute atomic E-state index is 0.0316. The molecule has 0 bridgehead atoms. The van der Waals surface area contributed by atoms with Gasteiger partial charge in [-0.2, -0.15) is 0 Å². The number of carbonyl (C=O) groups is 3. The van der Waals surface area contributed by atoms with E-state index in [1.165, 1.54) is 32.1 Å². The van der Waals surface area contributed by atoms with Crippen LogP contribution in [0.15, 0.2) is 0 Å². The summed E-state index contributed by atoms with van der Waals surface area (Å²) in [6.45, 7) is 4.11. The van der Waals surface area contributed by atoms with Gasteiger partial charge in [0.2, 0.25) is 5.91 Å². The number of ether oxygens (including phenoxy) is 1. The second-order valence-corrected chi connectivity index (χ2v) is 5.80. The van der Waals surface area contributed by atoms with E-state index in [1.807, 2.05) is 0 Å². The van der Waals surface area contributed by atoms with Crippen LogP contribution in [-0.4, -0.2) is 43.6 Å². The molecule has 0 aromatic rings. The first-order valence-corrected chi connectivity index (χ1v) is 8.59. The van der Waals surface area contributed by atoms with Crippen molar-refractivity contribution in [2.75, 3.05) is 19.8 Å². The van der Waals surface area contributed by atoms with Crippen molar-refractivity contribution < 1.29 is 19.1 Å². The first kappa shape index (κ1) is 19.4. The second-order valence-electron chi connectivity index (χ2n) is 5.80. The highest BCUT2D eigenvalue weighted by Gasteiger charge is 2.30. The maximum atomic E-state index is 11.6. The summed E-state index contributed by atoms with van der Waals surface area (Å²) >= 11 is 0. The van der Waals surface area contributed by atoms with E-state index in [9.17, 15) is 14.4 Å². The van der Waals surface area contributed by atoms with E-state index >= 15 is 0 Å². The molecule has 1 saturated heterocycles. The zero-order chi connectivity index (χ0) is 16.9. The molecule has 0 aliphatic carbocycles.